The number of hydrogen-bond donors (Lipinski definition) is 1. The van der Waals surface area contributed by atoms with E-state index in [9.17, 15) is 0 Å². The number of nitrogens with one attached hydrogen (secondary N) is 1. The molecule has 0 amide bonds. The lowest BCUT2D eigenvalue weighted by Crippen LogP contribution is -2.17. The molecule has 4 nitrogen and oxygen atoms in total. The predicted octanol–water partition coefficient (Wildman–Crippen LogP) is 2.31. The lowest BCUT2D eigenvalue weighted by Gasteiger charge is -2.11. The van der Waals surface area contributed by atoms with Crippen molar-refractivity contribution in [2.24, 2.45) is 0 Å². The van der Waals surface area contributed by atoms with Crippen molar-refractivity contribution in [3.05, 3.63) is 22.7 Å². The smallest absolute Gasteiger partial charge is 0.228 e. The summed E-state index contributed by atoms with van der Waals surface area (Å²) >= 11 is 11.3. The van der Waals surface area contributed by atoms with Gasteiger partial charge in [-0.3, -0.25) is 0 Å². The Hall–Kier alpha value is -0.870. The van der Waals surface area contributed by atoms with Crippen LogP contribution >= 0.6 is 23.2 Å². The van der Waals surface area contributed by atoms with Crippen molar-refractivity contribution in [2.45, 2.75) is 18.9 Å². The van der Waals surface area contributed by atoms with Gasteiger partial charge in [-0.25, -0.2) is 0 Å². The fourth-order valence-electron chi connectivity index (χ4n) is 1.31. The van der Waals surface area contributed by atoms with Crippen LogP contribution in [0.25, 0.3) is 0 Å². The van der Waals surface area contributed by atoms with Crippen LogP contribution in [0.15, 0.2) is 12.2 Å². The van der Waals surface area contributed by atoms with E-state index in [2.05, 4.69) is 32.4 Å². The van der Waals surface area contributed by atoms with E-state index in [1.165, 1.54) is 0 Å². The molecular formula is C8H8Cl2N4. The van der Waals surface area contributed by atoms with Crippen LogP contribution in [0.2, 0.25) is 10.6 Å². The van der Waals surface area contributed by atoms with Gasteiger partial charge in [-0.1, -0.05) is 12.2 Å². The van der Waals surface area contributed by atoms with Crippen LogP contribution in [-0.2, 0) is 0 Å². The lowest BCUT2D eigenvalue weighted by atomic mass is 10.2. The minimum absolute atomic E-state index is 0.110. The van der Waals surface area contributed by atoms with Crippen LogP contribution in [-0.4, -0.2) is 21.0 Å². The second-order valence-corrected chi connectivity index (χ2v) is 3.66. The molecule has 1 aromatic rings. The Kier molecular flexibility index (Phi) is 2.84. The monoisotopic (exact) mass is 230 g/mol. The van der Waals surface area contributed by atoms with E-state index >= 15 is 0 Å². The molecule has 0 atom stereocenters. The van der Waals surface area contributed by atoms with E-state index < -0.39 is 0 Å². The summed E-state index contributed by atoms with van der Waals surface area (Å²) < 4.78 is 0. The SMILES string of the molecule is Clc1nc(Cl)nc(NC2CC=CC2)n1. The average molecular weight is 231 g/mol. The fourth-order valence-corrected chi connectivity index (χ4v) is 1.67. The number of nitrogens with zero attached hydrogens (tertiary/aromatic N) is 3. The summed E-state index contributed by atoms with van der Waals surface area (Å²) in [7, 11) is 0. The van der Waals surface area contributed by atoms with Crippen molar-refractivity contribution < 1.29 is 0 Å². The molecule has 0 aliphatic heterocycles. The van der Waals surface area contributed by atoms with Crippen LogP contribution in [0.1, 0.15) is 12.8 Å². The Balaban J connectivity index is 2.08. The first-order chi connectivity index (χ1) is 6.74. The summed E-state index contributed by atoms with van der Waals surface area (Å²) in [4.78, 5) is 11.5. The summed E-state index contributed by atoms with van der Waals surface area (Å²) in [5.74, 6) is 0.434. The molecule has 1 aliphatic carbocycles. The average Bonchev–Trinajstić information content (AvgIpc) is 2.54. The molecule has 14 heavy (non-hydrogen) atoms. The Labute approximate surface area is 91.4 Å². The van der Waals surface area contributed by atoms with E-state index in [0.717, 1.165) is 12.8 Å². The zero-order valence-corrected chi connectivity index (χ0v) is 8.76. The van der Waals surface area contributed by atoms with Crippen molar-refractivity contribution in [3.8, 4) is 0 Å². The molecule has 1 N–H and O–H groups in total. The van der Waals surface area contributed by atoms with E-state index in [-0.39, 0.29) is 10.6 Å². The zero-order valence-electron chi connectivity index (χ0n) is 7.24. The van der Waals surface area contributed by atoms with Crippen molar-refractivity contribution in [1.29, 1.82) is 0 Å². The van der Waals surface area contributed by atoms with Crippen LogP contribution in [0.4, 0.5) is 5.95 Å². The molecule has 0 saturated carbocycles. The van der Waals surface area contributed by atoms with Gasteiger partial charge in [0.2, 0.25) is 16.5 Å². The summed E-state index contributed by atoms with van der Waals surface area (Å²) in [5, 5.41) is 3.35. The molecule has 74 valence electrons. The molecular weight excluding hydrogens is 223 g/mol. The van der Waals surface area contributed by atoms with Gasteiger partial charge in [0.05, 0.1) is 0 Å². The van der Waals surface area contributed by atoms with Crippen LogP contribution in [0.5, 0.6) is 0 Å². The van der Waals surface area contributed by atoms with Gasteiger partial charge in [0, 0.05) is 6.04 Å². The molecule has 1 heterocycles. The van der Waals surface area contributed by atoms with Crippen LogP contribution < -0.4 is 5.32 Å². The maximum atomic E-state index is 5.63. The van der Waals surface area contributed by atoms with Gasteiger partial charge in [-0.2, -0.15) is 15.0 Å². The standard InChI is InChI=1S/C8H8Cl2N4/c9-6-12-7(10)14-8(13-6)11-5-3-1-2-4-5/h1-2,5H,3-4H2,(H,11,12,13,14). The number of halogens is 2. The van der Waals surface area contributed by atoms with Crippen molar-refractivity contribution in [1.82, 2.24) is 15.0 Å². The second kappa shape index (κ2) is 4.11. The maximum Gasteiger partial charge on any atom is 0.228 e. The first-order valence-corrected chi connectivity index (χ1v) is 4.98. The minimum atomic E-state index is 0.110. The Morgan fingerprint density at radius 2 is 1.64 bits per heavy atom. The molecule has 0 unspecified atom stereocenters. The minimum Gasteiger partial charge on any atom is -0.351 e. The molecule has 0 saturated heterocycles. The zero-order chi connectivity index (χ0) is 9.97. The summed E-state index contributed by atoms with van der Waals surface area (Å²) in [6.07, 6.45) is 6.17. The molecule has 2 rings (SSSR count). The molecule has 0 radical (unpaired) electrons. The summed E-state index contributed by atoms with van der Waals surface area (Å²) in [6.45, 7) is 0. The lowest BCUT2D eigenvalue weighted by molar-refractivity contribution is 0.770. The molecule has 1 aliphatic rings. The van der Waals surface area contributed by atoms with Gasteiger partial charge < -0.3 is 5.32 Å². The van der Waals surface area contributed by atoms with Crippen molar-refractivity contribution in [3.63, 3.8) is 0 Å². The van der Waals surface area contributed by atoms with E-state index in [0.29, 0.717) is 12.0 Å². The molecule has 6 heteroatoms. The first-order valence-electron chi connectivity index (χ1n) is 4.22. The molecule has 0 fully saturated rings. The van der Waals surface area contributed by atoms with Gasteiger partial charge in [0.25, 0.3) is 0 Å². The highest BCUT2D eigenvalue weighted by Gasteiger charge is 2.12. The summed E-state index contributed by atoms with van der Waals surface area (Å²) in [5.41, 5.74) is 0. The van der Waals surface area contributed by atoms with Gasteiger partial charge >= 0.3 is 0 Å². The van der Waals surface area contributed by atoms with Gasteiger partial charge in [0.1, 0.15) is 0 Å². The van der Waals surface area contributed by atoms with Gasteiger partial charge in [0.15, 0.2) is 0 Å². The molecule has 0 spiro atoms. The van der Waals surface area contributed by atoms with E-state index in [1.807, 2.05) is 0 Å². The third kappa shape index (κ3) is 2.33. The fraction of sp³-hybridized carbons (Fsp3) is 0.375. The number of aromatic nitrogens is 3. The van der Waals surface area contributed by atoms with Crippen molar-refractivity contribution in [2.75, 3.05) is 5.32 Å². The topological polar surface area (TPSA) is 50.7 Å². The molecule has 1 aromatic heterocycles. The Bertz CT molecular complexity index is 338. The first kappa shape index (κ1) is 9.68. The maximum absolute atomic E-state index is 5.63. The normalized spacial score (nSPS) is 16.1. The summed E-state index contributed by atoms with van der Waals surface area (Å²) in [6, 6.07) is 0.338. The predicted molar refractivity (Wildman–Crippen MR) is 55.6 cm³/mol. The van der Waals surface area contributed by atoms with E-state index in [1.54, 1.807) is 0 Å². The highest BCUT2D eigenvalue weighted by atomic mass is 35.5. The third-order valence-corrected chi connectivity index (χ3v) is 2.26. The number of rotatable bonds is 2. The van der Waals surface area contributed by atoms with Gasteiger partial charge in [-0.05, 0) is 36.0 Å². The van der Waals surface area contributed by atoms with Crippen LogP contribution in [0, 0.1) is 0 Å². The Morgan fingerprint density at radius 3 is 2.21 bits per heavy atom. The highest BCUT2D eigenvalue weighted by molar-refractivity contribution is 6.31. The number of hydrogen-bond acceptors (Lipinski definition) is 4. The van der Waals surface area contributed by atoms with Gasteiger partial charge in [-0.15, -0.1) is 0 Å². The largest absolute Gasteiger partial charge is 0.351 e. The van der Waals surface area contributed by atoms with Crippen molar-refractivity contribution >= 4 is 29.2 Å². The molecule has 0 bridgehead atoms. The van der Waals surface area contributed by atoms with E-state index in [4.69, 9.17) is 23.2 Å². The quantitative estimate of drug-likeness (QED) is 0.793. The Morgan fingerprint density at radius 1 is 1.07 bits per heavy atom. The second-order valence-electron chi connectivity index (χ2n) is 2.98. The highest BCUT2D eigenvalue weighted by Crippen LogP contribution is 2.16. The molecule has 0 aromatic carbocycles. The third-order valence-electron chi connectivity index (χ3n) is 1.92. The number of anilines is 1. The van der Waals surface area contributed by atoms with Crippen LogP contribution in [0.3, 0.4) is 0 Å².